The van der Waals surface area contributed by atoms with E-state index >= 15 is 0 Å². The first-order valence-electron chi connectivity index (χ1n) is 6.24. The fourth-order valence-corrected chi connectivity index (χ4v) is 2.22. The second kappa shape index (κ2) is 5.62. The number of amides is 1. The van der Waals surface area contributed by atoms with Crippen molar-refractivity contribution in [2.75, 3.05) is 0 Å². The third kappa shape index (κ3) is 2.69. The van der Waals surface area contributed by atoms with Gasteiger partial charge in [-0.25, -0.2) is 10.2 Å². The van der Waals surface area contributed by atoms with Crippen LogP contribution in [0.1, 0.15) is 32.1 Å². The Morgan fingerprint density at radius 3 is 2.33 bits per heavy atom. The van der Waals surface area contributed by atoms with Crippen LogP contribution in [0, 0.1) is 13.8 Å². The maximum absolute atomic E-state index is 11.8. The summed E-state index contributed by atoms with van der Waals surface area (Å²) in [6.07, 6.45) is 0. The molecule has 0 saturated carbocycles. The van der Waals surface area contributed by atoms with Gasteiger partial charge in [-0.3, -0.25) is 4.79 Å². The molecule has 0 spiro atoms. The number of aryl methyl sites for hydroxylation is 2. The first-order valence-corrected chi connectivity index (χ1v) is 6.24. The standard InChI is InChI=1S/C15H15N3O3/c1-9-4-5-10(2)18(9)13-8-11(14(19)17-16-3)6-7-12(13)15(20)21/h4-8H,3H2,1-2H3,(H,17,19)(H,20,21). The molecule has 21 heavy (non-hydrogen) atoms. The van der Waals surface area contributed by atoms with Gasteiger partial charge < -0.3 is 9.67 Å². The van der Waals surface area contributed by atoms with Crippen LogP contribution < -0.4 is 5.43 Å². The van der Waals surface area contributed by atoms with Crippen molar-refractivity contribution in [2.24, 2.45) is 5.10 Å². The van der Waals surface area contributed by atoms with Crippen molar-refractivity contribution in [2.45, 2.75) is 13.8 Å². The lowest BCUT2D eigenvalue weighted by molar-refractivity contribution is 0.0696. The second-order valence-corrected chi connectivity index (χ2v) is 4.59. The van der Waals surface area contributed by atoms with Crippen LogP contribution in [0.4, 0.5) is 0 Å². The summed E-state index contributed by atoms with van der Waals surface area (Å²) in [6.45, 7) is 6.93. The van der Waals surface area contributed by atoms with Crippen LogP contribution in [-0.4, -0.2) is 28.3 Å². The highest BCUT2D eigenvalue weighted by Crippen LogP contribution is 2.22. The number of carboxylic acids is 1. The molecule has 1 aromatic carbocycles. The number of aromatic carboxylic acids is 1. The number of hydrazone groups is 1. The maximum Gasteiger partial charge on any atom is 0.337 e. The first kappa shape index (κ1) is 14.5. The number of hydrogen-bond acceptors (Lipinski definition) is 3. The van der Waals surface area contributed by atoms with E-state index in [4.69, 9.17) is 0 Å². The molecule has 1 amide bonds. The molecule has 0 unspecified atom stereocenters. The molecule has 108 valence electrons. The van der Waals surface area contributed by atoms with Gasteiger partial charge >= 0.3 is 5.97 Å². The largest absolute Gasteiger partial charge is 0.478 e. The molecule has 2 aromatic rings. The van der Waals surface area contributed by atoms with Gasteiger partial charge in [-0.15, -0.1) is 0 Å². The Balaban J connectivity index is 2.66. The minimum absolute atomic E-state index is 0.125. The summed E-state index contributed by atoms with van der Waals surface area (Å²) in [4.78, 5) is 23.2. The van der Waals surface area contributed by atoms with E-state index in [2.05, 4.69) is 17.2 Å². The molecule has 0 saturated heterocycles. The lowest BCUT2D eigenvalue weighted by Crippen LogP contribution is -2.18. The molecule has 2 rings (SSSR count). The van der Waals surface area contributed by atoms with Crippen LogP contribution in [0.15, 0.2) is 35.4 Å². The van der Waals surface area contributed by atoms with Crippen LogP contribution in [0.5, 0.6) is 0 Å². The van der Waals surface area contributed by atoms with Crippen LogP contribution in [0.3, 0.4) is 0 Å². The van der Waals surface area contributed by atoms with E-state index in [0.29, 0.717) is 11.3 Å². The SMILES string of the molecule is C=NNC(=O)c1ccc(C(=O)O)c(-n2c(C)ccc2C)c1. The molecule has 0 radical (unpaired) electrons. The number of carboxylic acid groups (broad SMARTS) is 1. The minimum atomic E-state index is -1.05. The Labute approximate surface area is 121 Å². The molecule has 0 fully saturated rings. The van der Waals surface area contributed by atoms with E-state index in [9.17, 15) is 14.7 Å². The van der Waals surface area contributed by atoms with Gasteiger partial charge in [0.25, 0.3) is 5.91 Å². The zero-order valence-electron chi connectivity index (χ0n) is 11.8. The summed E-state index contributed by atoms with van der Waals surface area (Å²) < 4.78 is 1.79. The van der Waals surface area contributed by atoms with E-state index in [1.807, 2.05) is 26.0 Å². The Kier molecular flexibility index (Phi) is 3.89. The van der Waals surface area contributed by atoms with Crippen molar-refractivity contribution in [3.8, 4) is 5.69 Å². The van der Waals surface area contributed by atoms with E-state index in [0.717, 1.165) is 11.4 Å². The Hall–Kier alpha value is -2.89. The maximum atomic E-state index is 11.8. The molecule has 1 aromatic heterocycles. The zero-order valence-corrected chi connectivity index (χ0v) is 11.8. The van der Waals surface area contributed by atoms with Gasteiger partial charge in [0.1, 0.15) is 0 Å². The van der Waals surface area contributed by atoms with E-state index in [1.54, 1.807) is 4.57 Å². The summed E-state index contributed by atoms with van der Waals surface area (Å²) in [5.41, 5.74) is 4.88. The molecule has 6 heteroatoms. The van der Waals surface area contributed by atoms with Gasteiger partial charge in [0.15, 0.2) is 0 Å². The number of nitrogens with zero attached hydrogens (tertiary/aromatic N) is 2. The summed E-state index contributed by atoms with van der Waals surface area (Å²) in [7, 11) is 0. The summed E-state index contributed by atoms with van der Waals surface area (Å²) in [6, 6.07) is 8.16. The summed E-state index contributed by atoms with van der Waals surface area (Å²) in [5.74, 6) is -1.49. The van der Waals surface area contributed by atoms with Crippen molar-refractivity contribution < 1.29 is 14.7 Å². The topological polar surface area (TPSA) is 83.7 Å². The van der Waals surface area contributed by atoms with Crippen molar-refractivity contribution in [3.05, 3.63) is 52.8 Å². The predicted molar refractivity (Wildman–Crippen MR) is 79.2 cm³/mol. The molecular formula is C15H15N3O3. The van der Waals surface area contributed by atoms with Gasteiger partial charge in [-0.2, -0.15) is 5.10 Å². The van der Waals surface area contributed by atoms with Crippen LogP contribution in [0.2, 0.25) is 0 Å². The van der Waals surface area contributed by atoms with Gasteiger partial charge in [0, 0.05) is 23.7 Å². The third-order valence-electron chi connectivity index (χ3n) is 3.18. The van der Waals surface area contributed by atoms with Crippen molar-refractivity contribution in [1.29, 1.82) is 0 Å². The molecule has 0 aliphatic heterocycles. The van der Waals surface area contributed by atoms with Gasteiger partial charge in [0.05, 0.1) is 11.3 Å². The number of carbonyl (C=O) groups is 2. The van der Waals surface area contributed by atoms with E-state index < -0.39 is 11.9 Å². The van der Waals surface area contributed by atoms with Crippen molar-refractivity contribution in [3.63, 3.8) is 0 Å². The number of carbonyl (C=O) groups excluding carboxylic acids is 1. The predicted octanol–water partition coefficient (Wildman–Crippen LogP) is 2.14. The molecular weight excluding hydrogens is 270 g/mol. The Morgan fingerprint density at radius 1 is 1.19 bits per heavy atom. The van der Waals surface area contributed by atoms with Crippen molar-refractivity contribution in [1.82, 2.24) is 9.99 Å². The summed E-state index contributed by atoms with van der Waals surface area (Å²) >= 11 is 0. The lowest BCUT2D eigenvalue weighted by atomic mass is 10.1. The molecule has 2 N–H and O–H groups in total. The minimum Gasteiger partial charge on any atom is -0.478 e. The fraction of sp³-hybridized carbons (Fsp3) is 0.133. The lowest BCUT2D eigenvalue weighted by Gasteiger charge is -2.14. The monoisotopic (exact) mass is 285 g/mol. The van der Waals surface area contributed by atoms with Crippen molar-refractivity contribution >= 4 is 18.6 Å². The fourth-order valence-electron chi connectivity index (χ4n) is 2.22. The molecule has 1 heterocycles. The van der Waals surface area contributed by atoms with Crippen LogP contribution in [-0.2, 0) is 0 Å². The van der Waals surface area contributed by atoms with Crippen LogP contribution in [0.25, 0.3) is 5.69 Å². The Morgan fingerprint density at radius 2 is 1.81 bits per heavy atom. The van der Waals surface area contributed by atoms with E-state index in [1.165, 1.54) is 18.2 Å². The molecule has 0 aliphatic carbocycles. The third-order valence-corrected chi connectivity index (χ3v) is 3.18. The smallest absolute Gasteiger partial charge is 0.337 e. The number of hydrogen-bond donors (Lipinski definition) is 2. The average Bonchev–Trinajstić information content (AvgIpc) is 2.77. The molecule has 0 aliphatic rings. The number of benzene rings is 1. The zero-order chi connectivity index (χ0) is 15.6. The van der Waals surface area contributed by atoms with Gasteiger partial charge in [-0.1, -0.05) is 0 Å². The molecule has 0 atom stereocenters. The normalized spacial score (nSPS) is 10.2. The van der Waals surface area contributed by atoms with E-state index in [-0.39, 0.29) is 5.56 Å². The second-order valence-electron chi connectivity index (χ2n) is 4.59. The number of nitrogens with one attached hydrogen (secondary N) is 1. The Bertz CT molecular complexity index is 712. The molecule has 6 nitrogen and oxygen atoms in total. The highest BCUT2D eigenvalue weighted by atomic mass is 16.4. The van der Waals surface area contributed by atoms with Crippen LogP contribution >= 0.6 is 0 Å². The average molecular weight is 285 g/mol. The highest BCUT2D eigenvalue weighted by Gasteiger charge is 2.17. The molecule has 0 bridgehead atoms. The number of rotatable bonds is 4. The number of aromatic nitrogens is 1. The quantitative estimate of drug-likeness (QED) is 0.666. The van der Waals surface area contributed by atoms with Gasteiger partial charge in [-0.05, 0) is 44.2 Å². The highest BCUT2D eigenvalue weighted by molar-refractivity contribution is 5.98. The van der Waals surface area contributed by atoms with Gasteiger partial charge in [0.2, 0.25) is 0 Å². The summed E-state index contributed by atoms with van der Waals surface area (Å²) in [5, 5.41) is 12.7. The first-order chi connectivity index (χ1) is 9.95.